The van der Waals surface area contributed by atoms with Crippen molar-refractivity contribution in [3.8, 4) is 0 Å². The Kier molecular flexibility index (Phi) is 11.6. The molecular weight excluding hydrogens is 218 g/mol. The van der Waals surface area contributed by atoms with Crippen LogP contribution in [0, 0.1) is 11.8 Å². The van der Waals surface area contributed by atoms with E-state index in [-0.39, 0.29) is 0 Å². The van der Waals surface area contributed by atoms with Crippen LogP contribution in [0.5, 0.6) is 0 Å². The molecule has 0 unspecified atom stereocenters. The third kappa shape index (κ3) is 8.74. The molecular formula is C17H35N. The summed E-state index contributed by atoms with van der Waals surface area (Å²) in [6.45, 7) is 13.7. The van der Waals surface area contributed by atoms with Crippen LogP contribution in [-0.4, -0.2) is 13.1 Å². The Morgan fingerprint density at radius 2 is 1.61 bits per heavy atom. The van der Waals surface area contributed by atoms with Crippen LogP contribution in [0.25, 0.3) is 0 Å². The summed E-state index contributed by atoms with van der Waals surface area (Å²) in [5, 5.41) is 3.48. The molecule has 0 aliphatic rings. The third-order valence-electron chi connectivity index (χ3n) is 3.60. The Morgan fingerprint density at radius 1 is 1.00 bits per heavy atom. The molecule has 0 heterocycles. The Hall–Kier alpha value is -0.300. The summed E-state index contributed by atoms with van der Waals surface area (Å²) >= 11 is 0. The number of hydrogen-bond acceptors (Lipinski definition) is 1. The van der Waals surface area contributed by atoms with Gasteiger partial charge in [-0.3, -0.25) is 0 Å². The average Bonchev–Trinajstić information content (AvgIpc) is 2.33. The topological polar surface area (TPSA) is 12.0 Å². The first kappa shape index (κ1) is 17.7. The highest BCUT2D eigenvalue weighted by Gasteiger charge is 2.11. The first-order valence-electron chi connectivity index (χ1n) is 8.05. The van der Waals surface area contributed by atoms with Gasteiger partial charge in [-0.25, -0.2) is 0 Å². The van der Waals surface area contributed by atoms with E-state index in [9.17, 15) is 0 Å². The van der Waals surface area contributed by atoms with Crippen LogP contribution in [-0.2, 0) is 0 Å². The predicted molar refractivity (Wildman–Crippen MR) is 84.0 cm³/mol. The second kappa shape index (κ2) is 11.8. The van der Waals surface area contributed by atoms with E-state index in [4.69, 9.17) is 0 Å². The first-order chi connectivity index (χ1) is 8.65. The zero-order chi connectivity index (χ0) is 13.8. The van der Waals surface area contributed by atoms with Crippen LogP contribution < -0.4 is 5.32 Å². The molecule has 1 nitrogen and oxygen atoms in total. The average molecular weight is 253 g/mol. The van der Waals surface area contributed by atoms with E-state index in [1.807, 2.05) is 0 Å². The van der Waals surface area contributed by atoms with Crippen LogP contribution >= 0.6 is 0 Å². The van der Waals surface area contributed by atoms with Gasteiger partial charge in [-0.15, -0.1) is 0 Å². The highest BCUT2D eigenvalue weighted by atomic mass is 14.8. The molecule has 0 aromatic rings. The maximum atomic E-state index is 3.48. The van der Waals surface area contributed by atoms with Crippen molar-refractivity contribution in [3.63, 3.8) is 0 Å². The summed E-state index contributed by atoms with van der Waals surface area (Å²) in [5.41, 5.74) is 1.66. The predicted octanol–water partition coefficient (Wildman–Crippen LogP) is 5.17. The zero-order valence-corrected chi connectivity index (χ0v) is 13.4. The molecule has 0 saturated carbocycles. The second-order valence-electron chi connectivity index (χ2n) is 5.79. The molecule has 108 valence electrons. The Balaban J connectivity index is 4.29. The highest BCUT2D eigenvalue weighted by molar-refractivity contribution is 5.06. The lowest BCUT2D eigenvalue weighted by Gasteiger charge is -2.20. The molecule has 0 aromatic heterocycles. The molecule has 0 spiro atoms. The molecule has 1 N–H and O–H groups in total. The van der Waals surface area contributed by atoms with Gasteiger partial charge in [0.1, 0.15) is 0 Å². The fourth-order valence-corrected chi connectivity index (χ4v) is 2.54. The lowest BCUT2D eigenvalue weighted by molar-refractivity contribution is 0.422. The monoisotopic (exact) mass is 253 g/mol. The van der Waals surface area contributed by atoms with E-state index in [0.717, 1.165) is 19.0 Å². The number of allylic oxidation sites excluding steroid dienone is 1. The number of rotatable bonds is 11. The minimum Gasteiger partial charge on any atom is -0.313 e. The van der Waals surface area contributed by atoms with Gasteiger partial charge in [0.05, 0.1) is 0 Å². The molecule has 0 aliphatic carbocycles. The number of hydrogen-bond donors (Lipinski definition) is 1. The smallest absolute Gasteiger partial charge is 0.0137 e. The molecule has 0 atom stereocenters. The van der Waals surface area contributed by atoms with E-state index < -0.39 is 0 Å². The van der Waals surface area contributed by atoms with Gasteiger partial charge in [-0.05, 0) is 31.2 Å². The van der Waals surface area contributed by atoms with Crippen LogP contribution in [0.4, 0.5) is 0 Å². The van der Waals surface area contributed by atoms with Gasteiger partial charge < -0.3 is 5.32 Å². The van der Waals surface area contributed by atoms with Crippen molar-refractivity contribution >= 4 is 0 Å². The molecule has 1 heteroatoms. The largest absolute Gasteiger partial charge is 0.313 e. The molecule has 0 aromatic carbocycles. The van der Waals surface area contributed by atoms with Gasteiger partial charge >= 0.3 is 0 Å². The normalized spacial score (nSPS) is 12.7. The number of nitrogens with one attached hydrogen (secondary N) is 1. The lowest BCUT2D eigenvalue weighted by Crippen LogP contribution is -2.15. The second-order valence-corrected chi connectivity index (χ2v) is 5.79. The van der Waals surface area contributed by atoms with Crippen molar-refractivity contribution < 1.29 is 0 Å². The third-order valence-corrected chi connectivity index (χ3v) is 3.60. The molecule has 0 aliphatic heterocycles. The van der Waals surface area contributed by atoms with Crippen LogP contribution in [0.2, 0.25) is 0 Å². The quantitative estimate of drug-likeness (QED) is 0.395. The van der Waals surface area contributed by atoms with Crippen molar-refractivity contribution in [2.24, 2.45) is 11.8 Å². The van der Waals surface area contributed by atoms with E-state index >= 15 is 0 Å². The van der Waals surface area contributed by atoms with E-state index in [0.29, 0.717) is 5.92 Å². The minimum atomic E-state index is 0.699. The van der Waals surface area contributed by atoms with Gasteiger partial charge in [-0.1, -0.05) is 72.0 Å². The van der Waals surface area contributed by atoms with E-state index in [2.05, 4.69) is 46.0 Å². The molecule has 18 heavy (non-hydrogen) atoms. The first-order valence-corrected chi connectivity index (χ1v) is 8.05. The van der Waals surface area contributed by atoms with Crippen LogP contribution in [0.3, 0.4) is 0 Å². The van der Waals surface area contributed by atoms with E-state index in [1.54, 1.807) is 5.57 Å². The fourth-order valence-electron chi connectivity index (χ4n) is 2.54. The zero-order valence-electron chi connectivity index (χ0n) is 13.4. The molecule has 0 saturated heterocycles. The maximum Gasteiger partial charge on any atom is 0.0137 e. The minimum absolute atomic E-state index is 0.699. The van der Waals surface area contributed by atoms with Gasteiger partial charge in [-0.2, -0.15) is 0 Å². The molecule has 0 bridgehead atoms. The highest BCUT2D eigenvalue weighted by Crippen LogP contribution is 2.25. The van der Waals surface area contributed by atoms with Gasteiger partial charge in [0.25, 0.3) is 0 Å². The van der Waals surface area contributed by atoms with Gasteiger partial charge in [0, 0.05) is 6.54 Å². The van der Waals surface area contributed by atoms with Gasteiger partial charge in [0.15, 0.2) is 0 Å². The molecule has 0 rings (SSSR count). The lowest BCUT2D eigenvalue weighted by atomic mass is 9.86. The van der Waals surface area contributed by atoms with Crippen molar-refractivity contribution in [3.05, 3.63) is 11.6 Å². The molecule has 0 amide bonds. The standard InChI is InChI=1S/C17H35N/c1-6-9-16(10-7-2)14-17(15(4)5)11-13-18-12-8-3/h11,15-16,18H,6-10,12-14H2,1-5H3/b17-11+. The van der Waals surface area contributed by atoms with Gasteiger partial charge in [0.2, 0.25) is 0 Å². The summed E-state index contributed by atoms with van der Waals surface area (Å²) in [4.78, 5) is 0. The van der Waals surface area contributed by atoms with Crippen molar-refractivity contribution in [2.75, 3.05) is 13.1 Å². The molecule has 0 radical (unpaired) electrons. The summed E-state index contributed by atoms with van der Waals surface area (Å²) in [7, 11) is 0. The Morgan fingerprint density at radius 3 is 2.06 bits per heavy atom. The summed E-state index contributed by atoms with van der Waals surface area (Å²) < 4.78 is 0. The molecule has 0 fully saturated rings. The summed E-state index contributed by atoms with van der Waals surface area (Å²) in [6.07, 6.45) is 10.4. The summed E-state index contributed by atoms with van der Waals surface area (Å²) in [6, 6.07) is 0. The van der Waals surface area contributed by atoms with Crippen molar-refractivity contribution in [1.82, 2.24) is 5.32 Å². The van der Waals surface area contributed by atoms with Crippen LogP contribution in [0.15, 0.2) is 11.6 Å². The van der Waals surface area contributed by atoms with Crippen molar-refractivity contribution in [2.45, 2.75) is 73.1 Å². The maximum absolute atomic E-state index is 3.48. The Bertz CT molecular complexity index is 200. The Labute approximate surface area is 115 Å². The SMILES string of the molecule is CCCNC/C=C(\CC(CCC)CCC)C(C)C. The fraction of sp³-hybridized carbons (Fsp3) is 0.882. The van der Waals surface area contributed by atoms with Crippen LogP contribution in [0.1, 0.15) is 73.1 Å². The van der Waals surface area contributed by atoms with Crippen molar-refractivity contribution in [1.29, 1.82) is 0 Å². The summed E-state index contributed by atoms with van der Waals surface area (Å²) in [5.74, 6) is 1.60. The van der Waals surface area contributed by atoms with E-state index in [1.165, 1.54) is 38.5 Å².